The Labute approximate surface area is 148 Å². The van der Waals surface area contributed by atoms with E-state index in [2.05, 4.69) is 20.6 Å². The monoisotopic (exact) mass is 349 g/mol. The average Bonchev–Trinajstić information content (AvgIpc) is 2.60. The minimum Gasteiger partial charge on any atom is -0.450 e. The van der Waals surface area contributed by atoms with Gasteiger partial charge in [0.05, 0.1) is 6.61 Å². The maximum Gasteiger partial charge on any atom is 0.409 e. The van der Waals surface area contributed by atoms with Crippen LogP contribution in [-0.4, -0.2) is 59.2 Å². The van der Waals surface area contributed by atoms with Crippen LogP contribution in [0.1, 0.15) is 44.1 Å². The largest absolute Gasteiger partial charge is 0.450 e. The molecule has 0 aromatic carbocycles. The van der Waals surface area contributed by atoms with Crippen LogP contribution >= 0.6 is 0 Å². The molecule has 138 valence electrons. The van der Waals surface area contributed by atoms with Gasteiger partial charge < -0.3 is 20.3 Å². The van der Waals surface area contributed by atoms with Crippen LogP contribution in [0.5, 0.6) is 0 Å². The van der Waals surface area contributed by atoms with Gasteiger partial charge in [0.25, 0.3) is 5.91 Å². The minimum absolute atomic E-state index is 0.198. The van der Waals surface area contributed by atoms with E-state index >= 15 is 0 Å². The molecule has 1 aromatic rings. The second-order valence-corrected chi connectivity index (χ2v) is 6.50. The molecule has 0 atom stereocenters. The first-order chi connectivity index (χ1) is 12.0. The van der Waals surface area contributed by atoms with Crippen LogP contribution in [0.3, 0.4) is 0 Å². The van der Waals surface area contributed by atoms with Crippen molar-refractivity contribution in [3.05, 3.63) is 18.1 Å². The first-order valence-corrected chi connectivity index (χ1v) is 8.78. The summed E-state index contributed by atoms with van der Waals surface area (Å²) in [6.45, 7) is 8.16. The lowest BCUT2D eigenvalue weighted by atomic mass is 10.1. The van der Waals surface area contributed by atoms with Gasteiger partial charge in [-0.25, -0.2) is 14.8 Å². The van der Waals surface area contributed by atoms with Gasteiger partial charge in [-0.05, 0) is 25.7 Å². The number of hydrogen-bond acceptors (Lipinski definition) is 6. The molecule has 2 heterocycles. The zero-order chi connectivity index (χ0) is 18.2. The van der Waals surface area contributed by atoms with Crippen molar-refractivity contribution in [2.24, 2.45) is 5.92 Å². The van der Waals surface area contributed by atoms with Gasteiger partial charge in [0.1, 0.15) is 17.8 Å². The number of ether oxygens (including phenoxy) is 1. The summed E-state index contributed by atoms with van der Waals surface area (Å²) in [6.07, 6.45) is 2.74. The maximum absolute atomic E-state index is 12.1. The topological polar surface area (TPSA) is 96.5 Å². The van der Waals surface area contributed by atoms with E-state index in [-0.39, 0.29) is 18.0 Å². The van der Waals surface area contributed by atoms with Crippen LogP contribution in [0.25, 0.3) is 0 Å². The van der Waals surface area contributed by atoms with Crippen LogP contribution in [0.4, 0.5) is 10.6 Å². The van der Waals surface area contributed by atoms with E-state index in [1.165, 1.54) is 6.33 Å². The Morgan fingerprint density at radius 3 is 2.68 bits per heavy atom. The van der Waals surface area contributed by atoms with Crippen molar-refractivity contribution in [3.8, 4) is 0 Å². The average molecular weight is 349 g/mol. The summed E-state index contributed by atoms with van der Waals surface area (Å²) in [4.78, 5) is 33.7. The molecule has 2 N–H and O–H groups in total. The third-order valence-corrected chi connectivity index (χ3v) is 3.94. The quantitative estimate of drug-likeness (QED) is 0.814. The molecular weight excluding hydrogens is 322 g/mol. The molecule has 2 amide bonds. The van der Waals surface area contributed by atoms with Crippen LogP contribution in [0, 0.1) is 5.92 Å². The van der Waals surface area contributed by atoms with Crippen molar-refractivity contribution in [1.82, 2.24) is 20.2 Å². The van der Waals surface area contributed by atoms with E-state index in [4.69, 9.17) is 4.74 Å². The number of carbonyl (C=O) groups is 2. The Balaban J connectivity index is 1.86. The zero-order valence-electron chi connectivity index (χ0n) is 15.1. The second kappa shape index (κ2) is 9.19. The molecule has 25 heavy (non-hydrogen) atoms. The standard InChI is InChI=1S/C17H27N5O3/c1-4-25-17(24)22-7-5-13(6-8-22)21-15-9-14(19-11-20-15)16(23)18-10-12(2)3/h9,11-13H,4-8,10H2,1-3H3,(H,18,23)(H,19,20,21). The van der Waals surface area contributed by atoms with Crippen molar-refractivity contribution in [2.45, 2.75) is 39.7 Å². The van der Waals surface area contributed by atoms with Crippen molar-refractivity contribution in [3.63, 3.8) is 0 Å². The number of amides is 2. The summed E-state index contributed by atoms with van der Waals surface area (Å²) in [5, 5.41) is 6.17. The van der Waals surface area contributed by atoms with Crippen LogP contribution in [0.2, 0.25) is 0 Å². The van der Waals surface area contributed by atoms with Crippen molar-refractivity contribution in [1.29, 1.82) is 0 Å². The van der Waals surface area contributed by atoms with Gasteiger partial charge in [0, 0.05) is 31.7 Å². The maximum atomic E-state index is 12.1. The molecule has 0 saturated carbocycles. The molecule has 0 aliphatic carbocycles. The highest BCUT2D eigenvalue weighted by molar-refractivity contribution is 5.92. The summed E-state index contributed by atoms with van der Waals surface area (Å²) in [6, 6.07) is 1.86. The minimum atomic E-state index is -0.257. The molecular formula is C17H27N5O3. The Morgan fingerprint density at radius 2 is 2.04 bits per heavy atom. The molecule has 8 heteroatoms. The predicted molar refractivity (Wildman–Crippen MR) is 94.4 cm³/mol. The normalized spacial score (nSPS) is 15.1. The SMILES string of the molecule is CCOC(=O)N1CCC(Nc2cc(C(=O)NCC(C)C)ncn2)CC1. The molecule has 1 aliphatic heterocycles. The van der Waals surface area contributed by atoms with Gasteiger partial charge in [0.2, 0.25) is 0 Å². The summed E-state index contributed by atoms with van der Waals surface area (Å²) in [5.41, 5.74) is 0.349. The third-order valence-electron chi connectivity index (χ3n) is 3.94. The van der Waals surface area contributed by atoms with E-state index in [1.54, 1.807) is 17.9 Å². The van der Waals surface area contributed by atoms with E-state index in [0.717, 1.165) is 12.8 Å². The van der Waals surface area contributed by atoms with Crippen molar-refractivity contribution in [2.75, 3.05) is 31.6 Å². The van der Waals surface area contributed by atoms with Gasteiger partial charge in [-0.15, -0.1) is 0 Å². The van der Waals surface area contributed by atoms with E-state index in [0.29, 0.717) is 43.7 Å². The number of likely N-dealkylation sites (tertiary alicyclic amines) is 1. The number of nitrogens with one attached hydrogen (secondary N) is 2. The molecule has 1 fully saturated rings. The Hall–Kier alpha value is -2.38. The Morgan fingerprint density at radius 1 is 1.32 bits per heavy atom. The van der Waals surface area contributed by atoms with Gasteiger partial charge in [-0.3, -0.25) is 4.79 Å². The van der Waals surface area contributed by atoms with Gasteiger partial charge in [0.15, 0.2) is 0 Å². The molecule has 1 saturated heterocycles. The zero-order valence-corrected chi connectivity index (χ0v) is 15.1. The van der Waals surface area contributed by atoms with Crippen molar-refractivity contribution >= 4 is 17.8 Å². The second-order valence-electron chi connectivity index (χ2n) is 6.50. The van der Waals surface area contributed by atoms with Gasteiger partial charge >= 0.3 is 6.09 Å². The number of nitrogens with zero attached hydrogens (tertiary/aromatic N) is 3. The number of rotatable bonds is 6. The third kappa shape index (κ3) is 5.88. The molecule has 2 rings (SSSR count). The summed E-state index contributed by atoms with van der Waals surface area (Å²) >= 11 is 0. The van der Waals surface area contributed by atoms with Crippen molar-refractivity contribution < 1.29 is 14.3 Å². The fourth-order valence-electron chi connectivity index (χ4n) is 2.58. The van der Waals surface area contributed by atoms with Crippen LogP contribution in [-0.2, 0) is 4.74 Å². The van der Waals surface area contributed by atoms with E-state index < -0.39 is 0 Å². The lowest BCUT2D eigenvalue weighted by molar-refractivity contribution is 0.0941. The van der Waals surface area contributed by atoms with E-state index in [1.807, 2.05) is 13.8 Å². The Bertz CT molecular complexity index is 585. The molecule has 0 unspecified atom stereocenters. The number of carbonyl (C=O) groups excluding carboxylic acids is 2. The molecule has 0 bridgehead atoms. The molecule has 8 nitrogen and oxygen atoms in total. The number of hydrogen-bond donors (Lipinski definition) is 2. The first-order valence-electron chi connectivity index (χ1n) is 8.78. The highest BCUT2D eigenvalue weighted by Crippen LogP contribution is 2.16. The molecule has 0 radical (unpaired) electrons. The fraction of sp³-hybridized carbons (Fsp3) is 0.647. The predicted octanol–water partition coefficient (Wildman–Crippen LogP) is 1.90. The highest BCUT2D eigenvalue weighted by Gasteiger charge is 2.23. The Kier molecular flexibility index (Phi) is 6.97. The number of anilines is 1. The number of piperidine rings is 1. The van der Waals surface area contributed by atoms with E-state index in [9.17, 15) is 9.59 Å². The molecule has 1 aromatic heterocycles. The van der Waals surface area contributed by atoms with Crippen LogP contribution < -0.4 is 10.6 Å². The first kappa shape index (κ1) is 19.0. The molecule has 1 aliphatic rings. The summed E-state index contributed by atoms with van der Waals surface area (Å²) in [7, 11) is 0. The van der Waals surface area contributed by atoms with Gasteiger partial charge in [-0.2, -0.15) is 0 Å². The smallest absolute Gasteiger partial charge is 0.409 e. The van der Waals surface area contributed by atoms with Gasteiger partial charge in [-0.1, -0.05) is 13.8 Å². The van der Waals surface area contributed by atoms with Crippen LogP contribution in [0.15, 0.2) is 12.4 Å². The molecule has 0 spiro atoms. The lowest BCUT2D eigenvalue weighted by Crippen LogP contribution is -2.42. The fourth-order valence-corrected chi connectivity index (χ4v) is 2.58. The highest BCUT2D eigenvalue weighted by atomic mass is 16.6. The number of aromatic nitrogens is 2. The summed E-state index contributed by atoms with van der Waals surface area (Å²) < 4.78 is 5.02. The summed E-state index contributed by atoms with van der Waals surface area (Å²) in [5.74, 6) is 0.809. The lowest BCUT2D eigenvalue weighted by Gasteiger charge is -2.31.